The zero-order valence-electron chi connectivity index (χ0n) is 11.5. The van der Waals surface area contributed by atoms with Gasteiger partial charge in [-0.25, -0.2) is 0 Å². The van der Waals surface area contributed by atoms with Crippen molar-refractivity contribution < 1.29 is 19.3 Å². The molecular weight excluding hydrogens is 234 g/mol. The fourth-order valence-corrected chi connectivity index (χ4v) is 1.74. The summed E-state index contributed by atoms with van der Waals surface area (Å²) in [7, 11) is 4.57. The Morgan fingerprint density at radius 3 is 2.00 bits per heavy atom. The summed E-state index contributed by atoms with van der Waals surface area (Å²) in [5, 5.41) is 10.3. The Labute approximate surface area is 107 Å². The SMILES string of the molecule is COc1ccc(C(O)C(C)(C)N)c(OC)c1OC. The summed E-state index contributed by atoms with van der Waals surface area (Å²) in [5.41, 5.74) is 5.71. The second-order valence-corrected chi connectivity index (χ2v) is 4.65. The highest BCUT2D eigenvalue weighted by molar-refractivity contribution is 5.56. The summed E-state index contributed by atoms with van der Waals surface area (Å²) in [6.07, 6.45) is -0.868. The molecule has 0 fully saturated rings. The minimum Gasteiger partial charge on any atom is -0.493 e. The maximum Gasteiger partial charge on any atom is 0.203 e. The summed E-state index contributed by atoms with van der Waals surface area (Å²) in [6, 6.07) is 3.44. The summed E-state index contributed by atoms with van der Waals surface area (Å²) >= 11 is 0. The van der Waals surface area contributed by atoms with Gasteiger partial charge in [-0.1, -0.05) is 0 Å². The number of aliphatic hydroxyl groups excluding tert-OH is 1. The van der Waals surface area contributed by atoms with Crippen molar-refractivity contribution in [2.75, 3.05) is 21.3 Å². The Kier molecular flexibility index (Phi) is 4.43. The van der Waals surface area contributed by atoms with Crippen LogP contribution in [0.5, 0.6) is 17.2 Å². The molecule has 1 unspecified atom stereocenters. The number of ether oxygens (including phenoxy) is 3. The van der Waals surface area contributed by atoms with Crippen LogP contribution in [0.15, 0.2) is 12.1 Å². The molecule has 0 aliphatic carbocycles. The van der Waals surface area contributed by atoms with Crippen LogP contribution in [0.4, 0.5) is 0 Å². The van der Waals surface area contributed by atoms with Crippen LogP contribution in [-0.4, -0.2) is 32.0 Å². The lowest BCUT2D eigenvalue weighted by Gasteiger charge is -2.28. The molecule has 0 spiro atoms. The molecule has 0 amide bonds. The third-order valence-electron chi connectivity index (χ3n) is 2.73. The maximum atomic E-state index is 10.3. The highest BCUT2D eigenvalue weighted by Gasteiger charge is 2.29. The van der Waals surface area contributed by atoms with E-state index >= 15 is 0 Å². The zero-order chi connectivity index (χ0) is 13.9. The molecule has 0 saturated heterocycles. The Morgan fingerprint density at radius 2 is 1.61 bits per heavy atom. The molecule has 1 atom stereocenters. The normalized spacial score (nSPS) is 13.1. The molecule has 5 heteroatoms. The molecule has 0 saturated carbocycles. The summed E-state index contributed by atoms with van der Waals surface area (Å²) in [6.45, 7) is 3.49. The number of hydrogen-bond acceptors (Lipinski definition) is 5. The van der Waals surface area contributed by atoms with Crippen LogP contribution in [0.2, 0.25) is 0 Å². The van der Waals surface area contributed by atoms with Crippen LogP contribution >= 0.6 is 0 Å². The summed E-state index contributed by atoms with van der Waals surface area (Å²) in [5.74, 6) is 1.42. The smallest absolute Gasteiger partial charge is 0.203 e. The quantitative estimate of drug-likeness (QED) is 0.833. The number of benzene rings is 1. The van der Waals surface area contributed by atoms with Gasteiger partial charge in [-0.3, -0.25) is 0 Å². The van der Waals surface area contributed by atoms with Crippen LogP contribution in [-0.2, 0) is 0 Å². The molecule has 1 rings (SSSR count). The topological polar surface area (TPSA) is 73.9 Å². The monoisotopic (exact) mass is 255 g/mol. The van der Waals surface area contributed by atoms with Crippen LogP contribution in [0, 0.1) is 0 Å². The van der Waals surface area contributed by atoms with Gasteiger partial charge in [0.2, 0.25) is 5.75 Å². The number of aliphatic hydroxyl groups is 1. The van der Waals surface area contributed by atoms with E-state index in [4.69, 9.17) is 19.9 Å². The van der Waals surface area contributed by atoms with Crippen LogP contribution in [0.3, 0.4) is 0 Å². The van der Waals surface area contributed by atoms with E-state index in [9.17, 15) is 5.11 Å². The van der Waals surface area contributed by atoms with E-state index in [0.29, 0.717) is 22.8 Å². The highest BCUT2D eigenvalue weighted by Crippen LogP contribution is 2.43. The van der Waals surface area contributed by atoms with Crippen molar-refractivity contribution in [2.45, 2.75) is 25.5 Å². The number of hydrogen-bond donors (Lipinski definition) is 2. The molecule has 0 aliphatic rings. The first-order valence-electron chi connectivity index (χ1n) is 5.62. The summed E-state index contributed by atoms with van der Waals surface area (Å²) < 4.78 is 15.7. The zero-order valence-corrected chi connectivity index (χ0v) is 11.5. The lowest BCUT2D eigenvalue weighted by molar-refractivity contribution is 0.101. The second kappa shape index (κ2) is 5.46. The number of rotatable bonds is 5. The number of nitrogens with two attached hydrogens (primary N) is 1. The molecule has 18 heavy (non-hydrogen) atoms. The molecule has 1 aromatic rings. The molecule has 0 aliphatic heterocycles. The molecule has 1 aromatic carbocycles. The maximum absolute atomic E-state index is 10.3. The lowest BCUT2D eigenvalue weighted by Crippen LogP contribution is -2.39. The average molecular weight is 255 g/mol. The van der Waals surface area contributed by atoms with Crippen molar-refractivity contribution >= 4 is 0 Å². The van der Waals surface area contributed by atoms with Crippen LogP contribution in [0.25, 0.3) is 0 Å². The van der Waals surface area contributed by atoms with Crippen molar-refractivity contribution in [3.8, 4) is 17.2 Å². The number of methoxy groups -OCH3 is 3. The van der Waals surface area contributed by atoms with E-state index in [2.05, 4.69) is 0 Å². The lowest BCUT2D eigenvalue weighted by atomic mass is 9.91. The van der Waals surface area contributed by atoms with Gasteiger partial charge in [0.15, 0.2) is 11.5 Å². The molecule has 102 valence electrons. The van der Waals surface area contributed by atoms with Gasteiger partial charge in [0.05, 0.1) is 21.3 Å². The summed E-state index contributed by atoms with van der Waals surface area (Å²) in [4.78, 5) is 0. The van der Waals surface area contributed by atoms with E-state index in [0.717, 1.165) is 0 Å². The van der Waals surface area contributed by atoms with E-state index in [-0.39, 0.29) is 0 Å². The van der Waals surface area contributed by atoms with Gasteiger partial charge in [-0.2, -0.15) is 0 Å². The van der Waals surface area contributed by atoms with Crippen LogP contribution in [0.1, 0.15) is 25.5 Å². The Hall–Kier alpha value is -1.46. The highest BCUT2D eigenvalue weighted by atomic mass is 16.5. The van der Waals surface area contributed by atoms with Crippen molar-refractivity contribution in [3.63, 3.8) is 0 Å². The van der Waals surface area contributed by atoms with Gasteiger partial charge in [-0.15, -0.1) is 0 Å². The van der Waals surface area contributed by atoms with Gasteiger partial charge in [0.25, 0.3) is 0 Å². The Balaban J connectivity index is 3.38. The van der Waals surface area contributed by atoms with Crippen LogP contribution < -0.4 is 19.9 Å². The van der Waals surface area contributed by atoms with Crippen molar-refractivity contribution in [3.05, 3.63) is 17.7 Å². The minimum absolute atomic E-state index is 0.433. The fraction of sp³-hybridized carbons (Fsp3) is 0.538. The predicted octanol–water partition coefficient (Wildman–Crippen LogP) is 1.48. The Morgan fingerprint density at radius 1 is 1.06 bits per heavy atom. The molecule has 0 heterocycles. The first-order chi connectivity index (χ1) is 8.36. The predicted molar refractivity (Wildman–Crippen MR) is 69.3 cm³/mol. The average Bonchev–Trinajstić information content (AvgIpc) is 2.34. The molecule has 0 radical (unpaired) electrons. The molecule has 5 nitrogen and oxygen atoms in total. The first-order valence-corrected chi connectivity index (χ1v) is 5.62. The minimum atomic E-state index is -0.868. The third-order valence-corrected chi connectivity index (χ3v) is 2.73. The second-order valence-electron chi connectivity index (χ2n) is 4.65. The third kappa shape index (κ3) is 2.68. The van der Waals surface area contributed by atoms with Crippen molar-refractivity contribution in [2.24, 2.45) is 5.73 Å². The molecule has 0 aromatic heterocycles. The van der Waals surface area contributed by atoms with Gasteiger partial charge >= 0.3 is 0 Å². The first kappa shape index (κ1) is 14.6. The van der Waals surface area contributed by atoms with Gasteiger partial charge in [0, 0.05) is 11.1 Å². The molecule has 0 bridgehead atoms. The van der Waals surface area contributed by atoms with E-state index < -0.39 is 11.6 Å². The van der Waals surface area contributed by atoms with Gasteiger partial charge < -0.3 is 25.1 Å². The van der Waals surface area contributed by atoms with Gasteiger partial charge in [-0.05, 0) is 26.0 Å². The standard InChI is InChI=1S/C13H21NO4/c1-13(2,14)12(15)8-6-7-9(16-3)11(18-5)10(8)17-4/h6-7,12,15H,14H2,1-5H3. The van der Waals surface area contributed by atoms with E-state index in [1.807, 2.05) is 0 Å². The van der Waals surface area contributed by atoms with E-state index in [1.54, 1.807) is 33.1 Å². The Bertz CT molecular complexity index is 412. The molecular formula is C13H21NO4. The van der Waals surface area contributed by atoms with Gasteiger partial charge in [0.1, 0.15) is 6.10 Å². The van der Waals surface area contributed by atoms with Crippen molar-refractivity contribution in [1.29, 1.82) is 0 Å². The van der Waals surface area contributed by atoms with Crippen molar-refractivity contribution in [1.82, 2.24) is 0 Å². The molecule has 3 N–H and O–H groups in total. The largest absolute Gasteiger partial charge is 0.493 e. The van der Waals surface area contributed by atoms with E-state index in [1.165, 1.54) is 14.2 Å². The fourth-order valence-electron chi connectivity index (χ4n) is 1.74.